The highest BCUT2D eigenvalue weighted by atomic mass is 31.3. The van der Waals surface area contributed by atoms with Crippen molar-refractivity contribution in [3.05, 3.63) is 33.1 Å². The maximum atomic E-state index is 12.2. The molecular weight excluding hydrogens is 540 g/mol. The third-order valence-electron chi connectivity index (χ3n) is 5.21. The fourth-order valence-electron chi connectivity index (χ4n) is 3.39. The van der Waals surface area contributed by atoms with Gasteiger partial charge in [0.2, 0.25) is 0 Å². The number of aliphatic hydroxyl groups is 5. The second kappa shape index (κ2) is 11.2. The van der Waals surface area contributed by atoms with Crippen molar-refractivity contribution in [3.8, 4) is 0 Å². The topological polar surface area (TPSA) is 303 Å². The molecule has 0 amide bonds. The normalized spacial score (nSPS) is 38.4. The summed E-state index contributed by atoms with van der Waals surface area (Å²) >= 11 is 0. The van der Waals surface area contributed by atoms with E-state index in [1.165, 1.54) is 0 Å². The molecule has 0 radical (unpaired) electrons. The van der Waals surface area contributed by atoms with Gasteiger partial charge in [0.1, 0.15) is 42.7 Å². The van der Waals surface area contributed by atoms with E-state index < -0.39 is 95.3 Å². The summed E-state index contributed by atoms with van der Waals surface area (Å²) in [6.07, 6.45) is -14.8. The summed E-state index contributed by atoms with van der Waals surface area (Å²) in [7, 11) is -11.0. The Morgan fingerprint density at radius 3 is 2.19 bits per heavy atom. The molecule has 21 heteroatoms. The number of hydrogen-bond acceptors (Lipinski definition) is 15. The summed E-state index contributed by atoms with van der Waals surface area (Å²) in [5.74, 6) is 0. The van der Waals surface area contributed by atoms with Gasteiger partial charge >= 0.3 is 21.3 Å². The van der Waals surface area contributed by atoms with Crippen LogP contribution in [0.15, 0.2) is 21.9 Å². The number of nitrogens with one attached hydrogen (secondary N) is 1. The standard InChI is InChI=1S/C15H25N3O16P2/c16-3-5-8(20)10(22)12(24)14(32-5)33-36(28,29)34-35(26,27)30-4-6-9(21)11(23)13(31-6)18-2-1-7(19)17-15(18)25/h1-2,5-6,8-14,20-24H,3-4,16H2,(H,26,27)(H,28,29)(H,17,19,25)/t5?,6?,8?,9-,10+,11-,12?,13?,14-/m1/s1. The fraction of sp³-hybridized carbons (Fsp3) is 0.733. The number of H-pyrrole nitrogens is 1. The van der Waals surface area contributed by atoms with Gasteiger partial charge in [-0.2, -0.15) is 4.31 Å². The first-order valence-electron chi connectivity index (χ1n) is 10.1. The summed E-state index contributed by atoms with van der Waals surface area (Å²) < 4.78 is 48.4. The summed E-state index contributed by atoms with van der Waals surface area (Å²) in [5.41, 5.74) is 3.59. The highest BCUT2D eigenvalue weighted by Gasteiger charge is 2.49. The predicted octanol–water partition coefficient (Wildman–Crippen LogP) is -4.83. The second-order valence-electron chi connectivity index (χ2n) is 7.73. The molecule has 2 aliphatic heterocycles. The maximum Gasteiger partial charge on any atom is 0.483 e. The lowest BCUT2D eigenvalue weighted by Crippen LogP contribution is -2.59. The summed E-state index contributed by atoms with van der Waals surface area (Å²) in [6, 6.07) is 0.935. The van der Waals surface area contributed by atoms with E-state index in [0.717, 1.165) is 16.8 Å². The number of phosphoric acid groups is 2. The van der Waals surface area contributed by atoms with Crippen molar-refractivity contribution in [3.63, 3.8) is 0 Å². The third kappa shape index (κ3) is 6.54. The van der Waals surface area contributed by atoms with Crippen LogP contribution >= 0.6 is 15.6 Å². The minimum Gasteiger partial charge on any atom is -0.388 e. The lowest BCUT2D eigenvalue weighted by molar-refractivity contribution is -0.273. The van der Waals surface area contributed by atoms with E-state index >= 15 is 0 Å². The molecule has 1 aromatic heterocycles. The van der Waals surface area contributed by atoms with Crippen LogP contribution in [0.2, 0.25) is 0 Å². The van der Waals surface area contributed by atoms with E-state index in [4.69, 9.17) is 15.2 Å². The molecule has 11 atom stereocenters. The zero-order valence-corrected chi connectivity index (χ0v) is 19.8. The van der Waals surface area contributed by atoms with E-state index in [1.54, 1.807) is 0 Å². The molecule has 7 unspecified atom stereocenters. The van der Waals surface area contributed by atoms with E-state index in [0.29, 0.717) is 0 Å². The first-order valence-corrected chi connectivity index (χ1v) is 13.1. The number of aliphatic hydroxyl groups excluding tert-OH is 5. The van der Waals surface area contributed by atoms with E-state index in [-0.39, 0.29) is 0 Å². The summed E-state index contributed by atoms with van der Waals surface area (Å²) in [5, 5.41) is 49.6. The monoisotopic (exact) mass is 565 g/mol. The van der Waals surface area contributed by atoms with Gasteiger partial charge in [0, 0.05) is 18.8 Å². The van der Waals surface area contributed by atoms with E-state index in [2.05, 4.69) is 13.4 Å². The van der Waals surface area contributed by atoms with Crippen molar-refractivity contribution in [1.82, 2.24) is 9.55 Å². The molecule has 0 saturated carbocycles. The Hall–Kier alpha value is -1.38. The van der Waals surface area contributed by atoms with E-state index in [9.17, 15) is 54.0 Å². The van der Waals surface area contributed by atoms with Crippen molar-refractivity contribution in [2.45, 2.75) is 55.2 Å². The second-order valence-corrected chi connectivity index (χ2v) is 10.7. The van der Waals surface area contributed by atoms with Crippen molar-refractivity contribution in [2.24, 2.45) is 5.73 Å². The molecule has 2 saturated heterocycles. The van der Waals surface area contributed by atoms with Gasteiger partial charge in [0.25, 0.3) is 5.56 Å². The Bertz CT molecular complexity index is 1130. The van der Waals surface area contributed by atoms with Crippen LogP contribution in [-0.2, 0) is 32.0 Å². The summed E-state index contributed by atoms with van der Waals surface area (Å²) in [4.78, 5) is 44.6. The van der Waals surface area contributed by atoms with Crippen LogP contribution in [0.4, 0.5) is 0 Å². The first kappa shape index (κ1) is 29.2. The van der Waals surface area contributed by atoms with Gasteiger partial charge in [-0.15, -0.1) is 0 Å². The lowest BCUT2D eigenvalue weighted by Gasteiger charge is -2.39. The fourth-order valence-corrected chi connectivity index (χ4v) is 5.55. The van der Waals surface area contributed by atoms with Gasteiger partial charge in [-0.25, -0.2) is 13.9 Å². The molecule has 2 aliphatic rings. The van der Waals surface area contributed by atoms with Gasteiger partial charge in [-0.3, -0.25) is 23.4 Å². The van der Waals surface area contributed by atoms with Crippen LogP contribution < -0.4 is 17.0 Å². The van der Waals surface area contributed by atoms with Crippen LogP contribution in [0.3, 0.4) is 0 Å². The van der Waals surface area contributed by atoms with Gasteiger partial charge in [0.15, 0.2) is 12.5 Å². The average molecular weight is 565 g/mol. The smallest absolute Gasteiger partial charge is 0.388 e. The molecule has 1 aromatic rings. The molecule has 2 fully saturated rings. The molecule has 0 aromatic carbocycles. The molecule has 0 spiro atoms. The molecule has 19 nitrogen and oxygen atoms in total. The Kier molecular flexibility index (Phi) is 9.05. The summed E-state index contributed by atoms with van der Waals surface area (Å²) in [6.45, 7) is -1.41. The predicted molar refractivity (Wildman–Crippen MR) is 111 cm³/mol. The number of nitrogens with zero attached hydrogens (tertiary/aromatic N) is 1. The Morgan fingerprint density at radius 2 is 1.58 bits per heavy atom. The van der Waals surface area contributed by atoms with Crippen molar-refractivity contribution in [2.75, 3.05) is 13.2 Å². The van der Waals surface area contributed by atoms with Gasteiger partial charge in [0.05, 0.1) is 6.61 Å². The van der Waals surface area contributed by atoms with Gasteiger partial charge in [-0.05, 0) is 0 Å². The first-order chi connectivity index (χ1) is 16.7. The number of rotatable bonds is 9. The third-order valence-corrected chi connectivity index (χ3v) is 7.81. The molecule has 206 valence electrons. The Morgan fingerprint density at radius 1 is 0.944 bits per heavy atom. The molecule has 36 heavy (non-hydrogen) atoms. The van der Waals surface area contributed by atoms with Crippen molar-refractivity contribution < 1.29 is 67.3 Å². The minimum atomic E-state index is -5.55. The highest BCUT2D eigenvalue weighted by Crippen LogP contribution is 2.61. The molecule has 10 N–H and O–H groups in total. The maximum absolute atomic E-state index is 12.2. The zero-order valence-electron chi connectivity index (χ0n) is 18.0. The number of hydrogen-bond donors (Lipinski definition) is 9. The minimum absolute atomic E-state index is 0.398. The average Bonchev–Trinajstić information content (AvgIpc) is 3.06. The van der Waals surface area contributed by atoms with E-state index in [1.807, 2.05) is 4.98 Å². The SMILES string of the molecule is NCC1O[C@H](OP(=O)(O)OP(=O)(O)OCC2OC(n3ccc(=O)[nH]c3=O)[C@H](O)[C@@H]2O)C(O)[C@@H](O)C1O. The van der Waals surface area contributed by atoms with Gasteiger partial charge < -0.3 is 50.5 Å². The largest absolute Gasteiger partial charge is 0.483 e. The molecular formula is C15H25N3O16P2. The molecule has 0 bridgehead atoms. The Labute approximate surface area is 200 Å². The van der Waals surface area contributed by atoms with Gasteiger partial charge in [-0.1, -0.05) is 0 Å². The highest BCUT2D eigenvalue weighted by molar-refractivity contribution is 7.61. The number of ether oxygens (including phenoxy) is 2. The van der Waals surface area contributed by atoms with Crippen LogP contribution in [0.1, 0.15) is 6.23 Å². The quantitative estimate of drug-likeness (QED) is 0.127. The number of phosphoric ester groups is 2. The van der Waals surface area contributed by atoms with Crippen LogP contribution in [0, 0.1) is 0 Å². The molecule has 3 rings (SSSR count). The van der Waals surface area contributed by atoms with Crippen LogP contribution in [0.25, 0.3) is 0 Å². The number of aromatic nitrogens is 2. The molecule has 3 heterocycles. The zero-order chi connectivity index (χ0) is 27.0. The Balaban J connectivity index is 1.61. The lowest BCUT2D eigenvalue weighted by atomic mass is 9.99. The van der Waals surface area contributed by atoms with Crippen molar-refractivity contribution >= 4 is 15.6 Å². The van der Waals surface area contributed by atoms with Crippen LogP contribution in [-0.4, -0.2) is 107 Å². The molecule has 0 aliphatic carbocycles. The van der Waals surface area contributed by atoms with Crippen molar-refractivity contribution in [1.29, 1.82) is 0 Å². The number of aromatic amines is 1. The number of nitrogens with two attached hydrogens (primary N) is 1. The van der Waals surface area contributed by atoms with Crippen LogP contribution in [0.5, 0.6) is 0 Å².